The van der Waals surface area contributed by atoms with Crippen LogP contribution in [0.25, 0.3) is 0 Å². The zero-order chi connectivity index (χ0) is 13.7. The summed E-state index contributed by atoms with van der Waals surface area (Å²) in [5, 5.41) is 20.6. The van der Waals surface area contributed by atoms with Crippen LogP contribution in [-0.2, 0) is 0 Å². The van der Waals surface area contributed by atoms with Crippen molar-refractivity contribution in [3.63, 3.8) is 0 Å². The Morgan fingerprint density at radius 1 is 1.42 bits per heavy atom. The van der Waals surface area contributed by atoms with Crippen LogP contribution in [0.1, 0.15) is 30.9 Å². The van der Waals surface area contributed by atoms with Crippen molar-refractivity contribution in [2.24, 2.45) is 11.5 Å². The van der Waals surface area contributed by atoms with Gasteiger partial charge in [0.05, 0.1) is 9.40 Å². The number of non-ortho nitro benzene ring substituents is 1. The fraction of sp³-hybridized carbons (Fsp3) is 0.455. The van der Waals surface area contributed by atoms with Gasteiger partial charge in [-0.15, -0.1) is 12.4 Å². The smallest absolute Gasteiger partial charge is 0.271 e. The standard InChI is InChI=1S/C11H16BrN3O3.ClH/c12-9-6-7(15(17)18)5-8(11(9)16)10(14)3-1-2-4-13;/h5-6,10,16H,1-4,13-14H2;1H/t10-;/m0./s1. The van der Waals surface area contributed by atoms with Crippen LogP contribution in [0.4, 0.5) is 5.69 Å². The third kappa shape index (κ3) is 4.94. The molecule has 0 bridgehead atoms. The average molecular weight is 355 g/mol. The molecule has 108 valence electrons. The summed E-state index contributed by atoms with van der Waals surface area (Å²) in [6.45, 7) is 0.581. The number of nitrogens with zero attached hydrogens (tertiary/aromatic N) is 1. The molecule has 8 heteroatoms. The minimum atomic E-state index is -0.514. The molecule has 0 unspecified atom stereocenters. The lowest BCUT2D eigenvalue weighted by Gasteiger charge is -2.14. The van der Waals surface area contributed by atoms with Crippen LogP contribution in [0.2, 0.25) is 0 Å². The van der Waals surface area contributed by atoms with E-state index in [1.165, 1.54) is 12.1 Å². The third-order valence-electron chi connectivity index (χ3n) is 2.66. The van der Waals surface area contributed by atoms with Crippen LogP contribution in [-0.4, -0.2) is 16.6 Å². The van der Waals surface area contributed by atoms with Gasteiger partial charge in [0.25, 0.3) is 5.69 Å². The van der Waals surface area contributed by atoms with E-state index in [9.17, 15) is 15.2 Å². The predicted octanol–water partition coefficient (Wildman–Crippen LogP) is 2.61. The van der Waals surface area contributed by atoms with E-state index in [1.54, 1.807) is 0 Å². The number of hydrogen-bond donors (Lipinski definition) is 3. The van der Waals surface area contributed by atoms with Crippen molar-refractivity contribution in [3.05, 3.63) is 32.3 Å². The van der Waals surface area contributed by atoms with Crippen molar-refractivity contribution >= 4 is 34.0 Å². The number of nitro groups is 1. The van der Waals surface area contributed by atoms with Gasteiger partial charge in [-0.1, -0.05) is 6.42 Å². The quantitative estimate of drug-likeness (QED) is 0.412. The van der Waals surface area contributed by atoms with Crippen LogP contribution in [0.15, 0.2) is 16.6 Å². The molecule has 1 atom stereocenters. The molecule has 5 N–H and O–H groups in total. The molecule has 19 heavy (non-hydrogen) atoms. The van der Waals surface area contributed by atoms with Gasteiger partial charge in [-0.2, -0.15) is 0 Å². The van der Waals surface area contributed by atoms with E-state index in [2.05, 4.69) is 15.9 Å². The number of unbranched alkanes of at least 4 members (excludes halogenated alkanes) is 1. The monoisotopic (exact) mass is 353 g/mol. The molecule has 0 radical (unpaired) electrons. The Kier molecular flexibility index (Phi) is 7.93. The normalized spacial score (nSPS) is 11.7. The Balaban J connectivity index is 0.00000324. The summed E-state index contributed by atoms with van der Waals surface area (Å²) < 4.78 is 0.279. The first-order valence-corrected chi connectivity index (χ1v) is 6.39. The molecule has 0 saturated carbocycles. The zero-order valence-electron chi connectivity index (χ0n) is 10.2. The lowest BCUT2D eigenvalue weighted by Crippen LogP contribution is -2.12. The van der Waals surface area contributed by atoms with E-state index < -0.39 is 11.0 Å². The maximum absolute atomic E-state index is 10.7. The molecule has 0 heterocycles. The average Bonchev–Trinajstić information content (AvgIpc) is 2.32. The molecule has 0 fully saturated rings. The highest BCUT2D eigenvalue weighted by molar-refractivity contribution is 9.10. The van der Waals surface area contributed by atoms with Gasteiger partial charge in [0, 0.05) is 23.7 Å². The minimum absolute atomic E-state index is 0. The van der Waals surface area contributed by atoms with Gasteiger partial charge in [-0.3, -0.25) is 10.1 Å². The number of nitrogens with two attached hydrogens (primary N) is 2. The number of hydrogen-bond acceptors (Lipinski definition) is 5. The van der Waals surface area contributed by atoms with Crippen LogP contribution in [0.3, 0.4) is 0 Å². The second-order valence-electron chi connectivity index (χ2n) is 4.01. The summed E-state index contributed by atoms with van der Waals surface area (Å²) in [6.07, 6.45) is 2.28. The summed E-state index contributed by atoms with van der Waals surface area (Å²) in [4.78, 5) is 10.2. The Labute approximate surface area is 125 Å². The maximum atomic E-state index is 10.7. The van der Waals surface area contributed by atoms with E-state index in [4.69, 9.17) is 11.5 Å². The summed E-state index contributed by atoms with van der Waals surface area (Å²) in [5.41, 5.74) is 11.6. The van der Waals surface area contributed by atoms with E-state index in [-0.39, 0.29) is 28.3 Å². The molecule has 6 nitrogen and oxygen atoms in total. The molecule has 0 saturated heterocycles. The van der Waals surface area contributed by atoms with Gasteiger partial charge in [0.15, 0.2) is 0 Å². The van der Waals surface area contributed by atoms with Gasteiger partial charge < -0.3 is 16.6 Å². The first-order valence-electron chi connectivity index (χ1n) is 5.59. The molecule has 0 spiro atoms. The second-order valence-corrected chi connectivity index (χ2v) is 4.87. The SMILES string of the molecule is Cl.NCCCC[C@H](N)c1cc([N+](=O)[O-])cc(Br)c1O. The molecular weight excluding hydrogens is 337 g/mol. The summed E-state index contributed by atoms with van der Waals surface area (Å²) in [5.74, 6) is -0.0409. The van der Waals surface area contributed by atoms with Crippen molar-refractivity contribution < 1.29 is 10.0 Å². The lowest BCUT2D eigenvalue weighted by atomic mass is 10.0. The van der Waals surface area contributed by atoms with Crippen LogP contribution in [0, 0.1) is 10.1 Å². The highest BCUT2D eigenvalue weighted by Gasteiger charge is 2.19. The number of benzene rings is 1. The number of phenols is 1. The molecule has 0 aliphatic rings. The van der Waals surface area contributed by atoms with Crippen molar-refractivity contribution in [2.45, 2.75) is 25.3 Å². The molecule has 0 aliphatic heterocycles. The van der Waals surface area contributed by atoms with Gasteiger partial charge in [0.2, 0.25) is 0 Å². The predicted molar refractivity (Wildman–Crippen MR) is 79.5 cm³/mol. The van der Waals surface area contributed by atoms with E-state index in [1.807, 2.05) is 0 Å². The van der Waals surface area contributed by atoms with Gasteiger partial charge in [-0.25, -0.2) is 0 Å². The molecule has 1 rings (SSSR count). The third-order valence-corrected chi connectivity index (χ3v) is 3.26. The fourth-order valence-corrected chi connectivity index (χ4v) is 2.12. The highest BCUT2D eigenvalue weighted by Crippen LogP contribution is 2.36. The maximum Gasteiger partial charge on any atom is 0.271 e. The van der Waals surface area contributed by atoms with Gasteiger partial charge in [0.1, 0.15) is 5.75 Å². The molecule has 1 aromatic rings. The first kappa shape index (κ1) is 18.1. The number of aromatic hydroxyl groups is 1. The Morgan fingerprint density at radius 2 is 2.05 bits per heavy atom. The zero-order valence-corrected chi connectivity index (χ0v) is 12.6. The number of rotatable bonds is 6. The van der Waals surface area contributed by atoms with E-state index in [0.717, 1.165) is 12.8 Å². The minimum Gasteiger partial charge on any atom is -0.506 e. The van der Waals surface area contributed by atoms with Gasteiger partial charge in [-0.05, 0) is 35.3 Å². The van der Waals surface area contributed by atoms with Crippen LogP contribution in [0.5, 0.6) is 5.75 Å². The van der Waals surface area contributed by atoms with Crippen molar-refractivity contribution in [1.82, 2.24) is 0 Å². The fourth-order valence-electron chi connectivity index (χ4n) is 1.66. The molecular formula is C11H17BrClN3O3. The largest absolute Gasteiger partial charge is 0.506 e. The molecule has 1 aromatic carbocycles. The van der Waals surface area contributed by atoms with Crippen LogP contribution >= 0.6 is 28.3 Å². The van der Waals surface area contributed by atoms with Crippen LogP contribution < -0.4 is 11.5 Å². The Bertz CT molecular complexity index is 445. The summed E-state index contributed by atoms with van der Waals surface area (Å²) in [7, 11) is 0. The Hall–Kier alpha value is -0.890. The number of phenolic OH excluding ortho intramolecular Hbond substituents is 1. The van der Waals surface area contributed by atoms with Gasteiger partial charge >= 0.3 is 0 Å². The topological polar surface area (TPSA) is 115 Å². The van der Waals surface area contributed by atoms with Crippen molar-refractivity contribution in [2.75, 3.05) is 6.54 Å². The lowest BCUT2D eigenvalue weighted by molar-refractivity contribution is -0.385. The molecule has 0 aliphatic carbocycles. The number of nitro benzene ring substituents is 1. The first-order chi connectivity index (χ1) is 8.47. The van der Waals surface area contributed by atoms with Crippen molar-refractivity contribution in [1.29, 1.82) is 0 Å². The van der Waals surface area contributed by atoms with Crippen molar-refractivity contribution in [3.8, 4) is 5.75 Å². The summed E-state index contributed by atoms with van der Waals surface area (Å²) >= 11 is 3.09. The molecule has 0 aromatic heterocycles. The number of halogens is 2. The highest BCUT2D eigenvalue weighted by atomic mass is 79.9. The summed E-state index contributed by atoms with van der Waals surface area (Å²) in [6, 6.07) is 2.13. The molecule has 0 amide bonds. The Morgan fingerprint density at radius 3 is 2.58 bits per heavy atom. The second kappa shape index (κ2) is 8.31. The van der Waals surface area contributed by atoms with E-state index in [0.29, 0.717) is 18.5 Å². The van der Waals surface area contributed by atoms with E-state index >= 15 is 0 Å².